The maximum absolute atomic E-state index is 15.1. The summed E-state index contributed by atoms with van der Waals surface area (Å²) in [6.07, 6.45) is 0. The zero-order chi connectivity index (χ0) is 47.1. The lowest BCUT2D eigenvalue weighted by molar-refractivity contribution is 0.103. The number of rotatable bonds is 12. The molecule has 2 aromatic heterocycles. The normalized spacial score (nSPS) is 11.2. The van der Waals surface area contributed by atoms with Crippen LogP contribution in [0.1, 0.15) is 30.5 Å². The minimum Gasteiger partial charge on any atom is -0.311 e. The highest BCUT2D eigenvalue weighted by molar-refractivity contribution is 7.31. The van der Waals surface area contributed by atoms with Gasteiger partial charge in [-0.2, -0.15) is 0 Å². The maximum Gasteiger partial charge on any atom is 0.203 e. The molecular formula is C56H32F6N2O2S2. The van der Waals surface area contributed by atoms with Crippen LogP contribution >= 0.6 is 22.7 Å². The number of anilines is 6. The quantitative estimate of drug-likeness (QED) is 0.0695. The molecule has 332 valence electrons. The van der Waals surface area contributed by atoms with Gasteiger partial charge in [0.25, 0.3) is 0 Å². The highest BCUT2D eigenvalue weighted by Crippen LogP contribution is 2.51. The Bertz CT molecular complexity index is 3140. The van der Waals surface area contributed by atoms with Crippen molar-refractivity contribution in [3.63, 3.8) is 0 Å². The van der Waals surface area contributed by atoms with Crippen molar-refractivity contribution in [1.82, 2.24) is 0 Å². The molecule has 0 spiro atoms. The summed E-state index contributed by atoms with van der Waals surface area (Å²) in [7, 11) is 0. The number of hydrogen-bond acceptors (Lipinski definition) is 6. The second kappa shape index (κ2) is 18.3. The number of nitrogens with zero attached hydrogens (tertiary/aromatic N) is 2. The van der Waals surface area contributed by atoms with Gasteiger partial charge in [-0.3, -0.25) is 9.59 Å². The number of para-hydroxylation sites is 4. The number of thiophene rings is 2. The summed E-state index contributed by atoms with van der Waals surface area (Å²) < 4.78 is 90.0. The molecular weight excluding hydrogens is 911 g/mol. The first-order valence-corrected chi connectivity index (χ1v) is 22.7. The van der Waals surface area contributed by atoms with Crippen molar-refractivity contribution in [2.24, 2.45) is 0 Å². The van der Waals surface area contributed by atoms with Crippen LogP contribution in [-0.4, -0.2) is 11.6 Å². The standard InChI is InChI=1S/C56H32F6N2O2S2/c57-43-29-35(30-44(58)49(43)61)47-53(51(65)33-21-25-41(26-22-33)63(37-13-5-1-6-14-37)38-15-7-2-8-16-38)67-56-48(36-31-45(59)50(62)46(60)32-36)54(68-55(47)56)52(66)34-23-27-42(28-24-34)64(39-17-9-3-10-18-39)40-19-11-4-12-20-40/h1-32H. The average Bonchev–Trinajstić information content (AvgIpc) is 3.93. The summed E-state index contributed by atoms with van der Waals surface area (Å²) in [5.41, 5.74) is 4.66. The van der Waals surface area contributed by atoms with Gasteiger partial charge in [-0.15, -0.1) is 22.7 Å². The molecule has 0 fully saturated rings. The lowest BCUT2D eigenvalue weighted by Crippen LogP contribution is -2.10. The van der Waals surface area contributed by atoms with Gasteiger partial charge in [0, 0.05) is 56.4 Å². The smallest absolute Gasteiger partial charge is 0.203 e. The SMILES string of the molecule is O=C(c1ccc(N(c2ccccc2)c2ccccc2)cc1)c1sc2c(-c3cc(F)c(F)c(F)c3)c(C(=O)c3ccc(N(c4ccccc4)c4ccccc4)cc3)sc2c1-c1cc(F)c(F)c(F)c1. The van der Waals surface area contributed by atoms with Gasteiger partial charge in [-0.05, 0) is 132 Å². The van der Waals surface area contributed by atoms with Crippen molar-refractivity contribution >= 4 is 77.8 Å². The molecule has 8 aromatic carbocycles. The molecule has 0 N–H and O–H groups in total. The van der Waals surface area contributed by atoms with Crippen molar-refractivity contribution in [2.45, 2.75) is 0 Å². The van der Waals surface area contributed by atoms with Gasteiger partial charge in [0.1, 0.15) is 0 Å². The molecule has 0 saturated carbocycles. The fourth-order valence-electron chi connectivity index (χ4n) is 8.17. The van der Waals surface area contributed by atoms with Crippen LogP contribution in [0.5, 0.6) is 0 Å². The van der Waals surface area contributed by atoms with Crippen LogP contribution in [0.3, 0.4) is 0 Å². The summed E-state index contributed by atoms with van der Waals surface area (Å²) in [5, 5.41) is 0. The number of hydrogen-bond donors (Lipinski definition) is 0. The summed E-state index contributed by atoms with van der Waals surface area (Å²) in [6, 6.07) is 54.7. The summed E-state index contributed by atoms with van der Waals surface area (Å²) in [4.78, 5) is 33.5. The first-order valence-electron chi connectivity index (χ1n) is 21.0. The summed E-state index contributed by atoms with van der Waals surface area (Å²) in [5.74, 6) is -10.8. The second-order valence-electron chi connectivity index (χ2n) is 15.5. The monoisotopic (exact) mass is 942 g/mol. The Kier molecular flexibility index (Phi) is 11.8. The minimum atomic E-state index is -1.73. The molecule has 0 atom stereocenters. The Balaban J connectivity index is 1.12. The summed E-state index contributed by atoms with van der Waals surface area (Å²) >= 11 is 1.66. The molecule has 10 rings (SSSR count). The average molecular weight is 943 g/mol. The Labute approximate surface area is 393 Å². The van der Waals surface area contributed by atoms with Crippen LogP contribution in [0.25, 0.3) is 31.7 Å². The Morgan fingerprint density at radius 2 is 0.588 bits per heavy atom. The van der Waals surface area contributed by atoms with Crippen molar-refractivity contribution in [2.75, 3.05) is 9.80 Å². The molecule has 4 nitrogen and oxygen atoms in total. The summed E-state index contributed by atoms with van der Waals surface area (Å²) in [6.45, 7) is 0. The fourth-order valence-corrected chi connectivity index (χ4v) is 11.1. The van der Waals surface area contributed by atoms with Gasteiger partial charge in [-0.1, -0.05) is 72.8 Å². The van der Waals surface area contributed by atoms with E-state index in [9.17, 15) is 18.4 Å². The molecule has 0 aliphatic rings. The van der Waals surface area contributed by atoms with E-state index in [0.717, 1.165) is 69.7 Å². The van der Waals surface area contributed by atoms with Gasteiger partial charge >= 0.3 is 0 Å². The molecule has 0 bridgehead atoms. The van der Waals surface area contributed by atoms with E-state index in [-0.39, 0.29) is 52.5 Å². The number of halogens is 6. The van der Waals surface area contributed by atoms with Crippen molar-refractivity contribution < 1.29 is 35.9 Å². The van der Waals surface area contributed by atoms with E-state index in [4.69, 9.17) is 0 Å². The zero-order valence-electron chi connectivity index (χ0n) is 35.3. The first-order chi connectivity index (χ1) is 33.0. The zero-order valence-corrected chi connectivity index (χ0v) is 36.9. The van der Waals surface area contributed by atoms with Crippen molar-refractivity contribution in [3.8, 4) is 22.3 Å². The predicted molar refractivity (Wildman–Crippen MR) is 259 cm³/mol. The lowest BCUT2D eigenvalue weighted by Gasteiger charge is -2.25. The fraction of sp³-hybridized carbons (Fsp3) is 0. The van der Waals surface area contributed by atoms with Crippen LogP contribution in [-0.2, 0) is 0 Å². The maximum atomic E-state index is 15.1. The number of fused-ring (bicyclic) bond motifs is 1. The van der Waals surface area contributed by atoms with Crippen LogP contribution in [0.2, 0.25) is 0 Å². The Morgan fingerprint density at radius 1 is 0.338 bits per heavy atom. The molecule has 12 heteroatoms. The topological polar surface area (TPSA) is 40.6 Å². The third-order valence-corrected chi connectivity index (χ3v) is 13.9. The minimum absolute atomic E-state index is 0.0304. The molecule has 2 heterocycles. The van der Waals surface area contributed by atoms with E-state index in [1.807, 2.05) is 131 Å². The first kappa shape index (κ1) is 43.8. The molecule has 0 amide bonds. The van der Waals surface area contributed by atoms with E-state index >= 15 is 17.6 Å². The third kappa shape index (κ3) is 8.14. The molecule has 0 aliphatic carbocycles. The van der Waals surface area contributed by atoms with Crippen LogP contribution in [0.15, 0.2) is 194 Å². The molecule has 10 aromatic rings. The lowest BCUT2D eigenvalue weighted by atomic mass is 9.98. The van der Waals surface area contributed by atoms with Gasteiger partial charge in [0.15, 0.2) is 34.9 Å². The Morgan fingerprint density at radius 3 is 0.853 bits per heavy atom. The van der Waals surface area contributed by atoms with E-state index < -0.39 is 46.5 Å². The van der Waals surface area contributed by atoms with Gasteiger partial charge in [0.2, 0.25) is 11.6 Å². The predicted octanol–water partition coefficient (Wildman–Crippen LogP) is 16.5. The largest absolute Gasteiger partial charge is 0.311 e. The molecule has 68 heavy (non-hydrogen) atoms. The van der Waals surface area contributed by atoms with E-state index in [0.29, 0.717) is 11.4 Å². The highest BCUT2D eigenvalue weighted by atomic mass is 32.1. The van der Waals surface area contributed by atoms with Crippen LogP contribution in [0, 0.1) is 34.9 Å². The molecule has 0 saturated heterocycles. The Hall–Kier alpha value is -8.06. The molecule has 0 radical (unpaired) electrons. The highest BCUT2D eigenvalue weighted by Gasteiger charge is 2.31. The molecule has 0 unspecified atom stereocenters. The van der Waals surface area contributed by atoms with Gasteiger partial charge in [0.05, 0.1) is 19.2 Å². The van der Waals surface area contributed by atoms with Gasteiger partial charge in [-0.25, -0.2) is 26.3 Å². The van der Waals surface area contributed by atoms with Crippen molar-refractivity contribution in [3.05, 3.63) is 250 Å². The van der Waals surface area contributed by atoms with E-state index in [2.05, 4.69) is 0 Å². The van der Waals surface area contributed by atoms with E-state index in [1.165, 1.54) is 0 Å². The number of benzene rings is 8. The molecule has 0 aliphatic heterocycles. The number of carbonyl (C=O) groups excluding carboxylic acids is 2. The van der Waals surface area contributed by atoms with Crippen LogP contribution < -0.4 is 9.80 Å². The van der Waals surface area contributed by atoms with Crippen molar-refractivity contribution in [1.29, 1.82) is 0 Å². The van der Waals surface area contributed by atoms with Gasteiger partial charge < -0.3 is 9.80 Å². The number of carbonyl (C=O) groups is 2. The number of ketones is 2. The second-order valence-corrected chi connectivity index (χ2v) is 17.6. The third-order valence-electron chi connectivity index (χ3n) is 11.3. The van der Waals surface area contributed by atoms with Crippen LogP contribution in [0.4, 0.5) is 60.5 Å². The van der Waals surface area contributed by atoms with E-state index in [1.54, 1.807) is 48.5 Å².